The largest absolute Gasteiger partial charge is 0.464 e. The Kier molecular flexibility index (Phi) is 7.88. The molecule has 6 heteroatoms. The third kappa shape index (κ3) is 7.11. The highest BCUT2D eigenvalue weighted by molar-refractivity contribution is 5.81. The standard InChI is InChI=1S/C27H40N4O2/c1-20(2)18-30(24-9-10-25-22(16-24)11-14-33-25)12-8-13-31(26(32)17-27(4,5)6)19-23-15-21(3)29(7)28-23/h9-11,14-16,20H,8,12-13,17-19H2,1-7H3. The second kappa shape index (κ2) is 10.4. The summed E-state index contributed by atoms with van der Waals surface area (Å²) < 4.78 is 7.38. The lowest BCUT2D eigenvalue weighted by Gasteiger charge is -2.30. The summed E-state index contributed by atoms with van der Waals surface area (Å²) in [6, 6.07) is 10.4. The van der Waals surface area contributed by atoms with Crippen LogP contribution in [0.25, 0.3) is 11.0 Å². The first kappa shape index (κ1) is 24.9. The number of anilines is 1. The fourth-order valence-electron chi connectivity index (χ4n) is 4.13. The molecule has 3 rings (SSSR count). The zero-order valence-corrected chi connectivity index (χ0v) is 21.4. The molecule has 0 bridgehead atoms. The first-order valence-corrected chi connectivity index (χ1v) is 12.0. The van der Waals surface area contributed by atoms with E-state index in [0.29, 0.717) is 25.4 Å². The van der Waals surface area contributed by atoms with Crippen LogP contribution in [0.2, 0.25) is 0 Å². The van der Waals surface area contributed by atoms with Gasteiger partial charge in [-0.25, -0.2) is 0 Å². The normalized spacial score (nSPS) is 12.0. The Bertz CT molecular complexity index is 1040. The monoisotopic (exact) mass is 452 g/mol. The van der Waals surface area contributed by atoms with E-state index in [0.717, 1.165) is 41.9 Å². The van der Waals surface area contributed by atoms with Crippen LogP contribution in [0.15, 0.2) is 41.0 Å². The van der Waals surface area contributed by atoms with Crippen molar-refractivity contribution in [3.63, 3.8) is 0 Å². The molecule has 0 saturated carbocycles. The van der Waals surface area contributed by atoms with Crippen molar-refractivity contribution in [3.8, 4) is 0 Å². The minimum atomic E-state index is -0.0426. The summed E-state index contributed by atoms with van der Waals surface area (Å²) >= 11 is 0. The lowest BCUT2D eigenvalue weighted by atomic mass is 9.91. The summed E-state index contributed by atoms with van der Waals surface area (Å²) in [6.45, 7) is 16.0. The summed E-state index contributed by atoms with van der Waals surface area (Å²) in [7, 11) is 1.95. The molecule has 0 atom stereocenters. The molecule has 3 aromatic rings. The molecule has 0 saturated heterocycles. The highest BCUT2D eigenvalue weighted by Crippen LogP contribution is 2.25. The average Bonchev–Trinajstić information content (AvgIpc) is 3.30. The predicted molar refractivity (Wildman–Crippen MR) is 135 cm³/mol. The molecular weight excluding hydrogens is 412 g/mol. The van der Waals surface area contributed by atoms with Crippen molar-refractivity contribution < 1.29 is 9.21 Å². The van der Waals surface area contributed by atoms with Gasteiger partial charge in [0, 0.05) is 49.9 Å². The van der Waals surface area contributed by atoms with Crippen LogP contribution >= 0.6 is 0 Å². The minimum Gasteiger partial charge on any atom is -0.464 e. The van der Waals surface area contributed by atoms with Crippen LogP contribution in [0.3, 0.4) is 0 Å². The van der Waals surface area contributed by atoms with Crippen molar-refractivity contribution in [1.29, 1.82) is 0 Å². The maximum absolute atomic E-state index is 13.2. The molecule has 0 radical (unpaired) electrons. The number of furan rings is 1. The van der Waals surface area contributed by atoms with Crippen LogP contribution in [-0.2, 0) is 18.4 Å². The molecule has 2 aromatic heterocycles. The van der Waals surface area contributed by atoms with Gasteiger partial charge in [0.2, 0.25) is 5.91 Å². The zero-order chi connectivity index (χ0) is 24.2. The van der Waals surface area contributed by atoms with Crippen LogP contribution in [0.5, 0.6) is 0 Å². The van der Waals surface area contributed by atoms with Gasteiger partial charge in [-0.3, -0.25) is 9.48 Å². The highest BCUT2D eigenvalue weighted by atomic mass is 16.3. The third-order valence-corrected chi connectivity index (χ3v) is 5.79. The van der Waals surface area contributed by atoms with Gasteiger partial charge in [-0.1, -0.05) is 34.6 Å². The van der Waals surface area contributed by atoms with E-state index in [-0.39, 0.29) is 11.3 Å². The van der Waals surface area contributed by atoms with E-state index in [4.69, 9.17) is 4.42 Å². The number of aryl methyl sites for hydroxylation is 2. The van der Waals surface area contributed by atoms with E-state index >= 15 is 0 Å². The lowest BCUT2D eigenvalue weighted by Crippen LogP contribution is -2.36. The molecule has 0 aliphatic carbocycles. The number of hydrogen-bond acceptors (Lipinski definition) is 4. The molecule has 180 valence electrons. The van der Waals surface area contributed by atoms with Gasteiger partial charge in [-0.15, -0.1) is 0 Å². The third-order valence-electron chi connectivity index (χ3n) is 5.79. The quantitative estimate of drug-likeness (QED) is 0.390. The summed E-state index contributed by atoms with van der Waals surface area (Å²) in [5.41, 5.74) is 4.12. The van der Waals surface area contributed by atoms with Gasteiger partial charge in [0.25, 0.3) is 0 Å². The number of carbonyl (C=O) groups is 1. The number of carbonyl (C=O) groups excluding carboxylic acids is 1. The molecule has 33 heavy (non-hydrogen) atoms. The molecule has 0 fully saturated rings. The predicted octanol–water partition coefficient (Wildman–Crippen LogP) is 5.79. The molecule has 1 amide bonds. The lowest BCUT2D eigenvalue weighted by molar-refractivity contribution is -0.133. The minimum absolute atomic E-state index is 0.0426. The zero-order valence-electron chi connectivity index (χ0n) is 21.4. The van der Waals surface area contributed by atoms with Gasteiger partial charge in [-0.05, 0) is 55.0 Å². The van der Waals surface area contributed by atoms with Gasteiger partial charge in [0.05, 0.1) is 18.5 Å². The number of fused-ring (bicyclic) bond motifs is 1. The van der Waals surface area contributed by atoms with Crippen LogP contribution < -0.4 is 4.90 Å². The number of amides is 1. The Balaban J connectivity index is 1.71. The number of aromatic nitrogens is 2. The van der Waals surface area contributed by atoms with E-state index < -0.39 is 0 Å². The Morgan fingerprint density at radius 1 is 1.15 bits per heavy atom. The first-order valence-electron chi connectivity index (χ1n) is 12.0. The Morgan fingerprint density at radius 3 is 2.55 bits per heavy atom. The molecule has 0 aliphatic rings. The van der Waals surface area contributed by atoms with E-state index in [1.807, 2.05) is 35.7 Å². The second-order valence-corrected chi connectivity index (χ2v) is 10.8. The van der Waals surface area contributed by atoms with Gasteiger partial charge in [0.1, 0.15) is 5.58 Å². The second-order valence-electron chi connectivity index (χ2n) is 10.8. The van der Waals surface area contributed by atoms with Crippen molar-refractivity contribution >= 4 is 22.6 Å². The maximum Gasteiger partial charge on any atom is 0.223 e. The number of benzene rings is 1. The molecule has 6 nitrogen and oxygen atoms in total. The SMILES string of the molecule is Cc1cc(CN(CCCN(CC(C)C)c2ccc3occc3c2)C(=O)CC(C)(C)C)nn1C. The van der Waals surface area contributed by atoms with E-state index in [1.165, 1.54) is 5.69 Å². The highest BCUT2D eigenvalue weighted by Gasteiger charge is 2.22. The summed E-state index contributed by atoms with van der Waals surface area (Å²) in [5.74, 6) is 0.737. The summed E-state index contributed by atoms with van der Waals surface area (Å²) in [6.07, 6.45) is 3.17. The Hall–Kier alpha value is -2.76. The molecule has 0 unspecified atom stereocenters. The van der Waals surface area contributed by atoms with E-state index in [2.05, 4.69) is 62.8 Å². The van der Waals surface area contributed by atoms with Crippen LogP contribution in [0, 0.1) is 18.3 Å². The number of rotatable bonds is 10. The van der Waals surface area contributed by atoms with Crippen molar-refractivity contribution in [3.05, 3.63) is 48.0 Å². The molecule has 0 N–H and O–H groups in total. The van der Waals surface area contributed by atoms with Crippen molar-refractivity contribution in [2.45, 2.75) is 60.9 Å². The van der Waals surface area contributed by atoms with Crippen molar-refractivity contribution in [1.82, 2.24) is 14.7 Å². The average molecular weight is 453 g/mol. The number of hydrogen-bond donors (Lipinski definition) is 0. The summed E-state index contributed by atoms with van der Waals surface area (Å²) in [5, 5.41) is 5.71. The van der Waals surface area contributed by atoms with E-state index in [1.54, 1.807) is 6.26 Å². The van der Waals surface area contributed by atoms with Gasteiger partial charge < -0.3 is 14.2 Å². The molecule has 0 spiro atoms. The molecule has 1 aromatic carbocycles. The fraction of sp³-hybridized carbons (Fsp3) is 0.556. The van der Waals surface area contributed by atoms with E-state index in [9.17, 15) is 4.79 Å². The maximum atomic E-state index is 13.2. The molecule has 2 heterocycles. The smallest absolute Gasteiger partial charge is 0.223 e. The molecule has 0 aliphatic heterocycles. The number of nitrogens with zero attached hydrogens (tertiary/aromatic N) is 4. The van der Waals surface area contributed by atoms with Crippen LogP contribution in [0.1, 0.15) is 58.8 Å². The summed E-state index contributed by atoms with van der Waals surface area (Å²) in [4.78, 5) is 17.6. The van der Waals surface area contributed by atoms with Gasteiger partial charge in [0.15, 0.2) is 0 Å². The van der Waals surface area contributed by atoms with Crippen molar-refractivity contribution in [2.75, 3.05) is 24.5 Å². The first-order chi connectivity index (χ1) is 15.5. The fourth-order valence-corrected chi connectivity index (χ4v) is 4.13. The molecular formula is C27H40N4O2. The topological polar surface area (TPSA) is 54.5 Å². The van der Waals surface area contributed by atoms with Crippen LogP contribution in [-0.4, -0.2) is 40.2 Å². The van der Waals surface area contributed by atoms with Crippen LogP contribution in [0.4, 0.5) is 5.69 Å². The van der Waals surface area contributed by atoms with Gasteiger partial charge >= 0.3 is 0 Å². The van der Waals surface area contributed by atoms with Crippen molar-refractivity contribution in [2.24, 2.45) is 18.4 Å². The Labute approximate surface area is 198 Å². The van der Waals surface area contributed by atoms with Gasteiger partial charge in [-0.2, -0.15) is 5.10 Å². The Morgan fingerprint density at radius 2 is 1.91 bits per heavy atom.